The van der Waals surface area contributed by atoms with E-state index in [4.69, 9.17) is 16.3 Å². The summed E-state index contributed by atoms with van der Waals surface area (Å²) in [6.07, 6.45) is 0.775. The number of halogens is 1. The molecular formula is C15H17ClNO2+. The van der Waals surface area contributed by atoms with E-state index in [0.29, 0.717) is 6.04 Å². The number of rotatable bonds is 1. The molecule has 2 aliphatic rings. The van der Waals surface area contributed by atoms with Gasteiger partial charge in [-0.05, 0) is 6.92 Å². The van der Waals surface area contributed by atoms with Crippen LogP contribution in [-0.4, -0.2) is 25.2 Å². The molecule has 0 aliphatic carbocycles. The van der Waals surface area contributed by atoms with Gasteiger partial charge in [0.25, 0.3) is 0 Å². The first-order valence-corrected chi connectivity index (χ1v) is 6.89. The molecule has 1 aromatic rings. The van der Waals surface area contributed by atoms with Crippen LogP contribution in [-0.2, 0) is 9.53 Å². The van der Waals surface area contributed by atoms with E-state index in [-0.39, 0.29) is 11.0 Å². The molecule has 3 nitrogen and oxygen atoms in total. The Balaban J connectivity index is 1.98. The van der Waals surface area contributed by atoms with Gasteiger partial charge in [0.05, 0.1) is 7.05 Å². The molecule has 3 rings (SSSR count). The summed E-state index contributed by atoms with van der Waals surface area (Å²) in [5.41, 5.74) is 1.71. The summed E-state index contributed by atoms with van der Waals surface area (Å²) in [6.45, 7) is 2.71. The minimum absolute atomic E-state index is 0.288. The van der Waals surface area contributed by atoms with E-state index in [0.717, 1.165) is 18.5 Å². The molecule has 2 aliphatic heterocycles. The Kier molecular flexibility index (Phi) is 2.91. The minimum atomic E-state index is -0.524. The van der Waals surface area contributed by atoms with Gasteiger partial charge in [0.1, 0.15) is 17.6 Å². The highest BCUT2D eigenvalue weighted by Gasteiger charge is 2.51. The van der Waals surface area contributed by atoms with Crippen molar-refractivity contribution in [1.82, 2.24) is 0 Å². The van der Waals surface area contributed by atoms with Gasteiger partial charge in [0, 0.05) is 17.6 Å². The van der Waals surface area contributed by atoms with Crippen molar-refractivity contribution in [3.05, 3.63) is 46.5 Å². The zero-order valence-corrected chi connectivity index (χ0v) is 11.8. The van der Waals surface area contributed by atoms with Crippen molar-refractivity contribution in [1.29, 1.82) is 0 Å². The molecule has 2 heterocycles. The highest BCUT2D eigenvalue weighted by Crippen LogP contribution is 2.40. The number of carbonyl (C=O) groups excluding carboxylic acids is 1. The van der Waals surface area contributed by atoms with Gasteiger partial charge in [-0.15, -0.1) is 0 Å². The topological polar surface area (TPSA) is 30.7 Å². The van der Waals surface area contributed by atoms with E-state index >= 15 is 0 Å². The van der Waals surface area contributed by atoms with Gasteiger partial charge in [0.2, 0.25) is 0 Å². The smallest absolute Gasteiger partial charge is 0.350 e. The van der Waals surface area contributed by atoms with Crippen LogP contribution in [0.25, 0.3) is 0 Å². The predicted molar refractivity (Wildman–Crippen MR) is 72.9 cm³/mol. The third-order valence-corrected chi connectivity index (χ3v) is 4.60. The number of nitrogens with one attached hydrogen (secondary N) is 1. The molecule has 1 saturated heterocycles. The van der Waals surface area contributed by atoms with Gasteiger partial charge in [-0.2, -0.15) is 0 Å². The molecule has 1 unspecified atom stereocenters. The monoisotopic (exact) mass is 278 g/mol. The number of likely N-dealkylation sites (N-methyl/N-ethyl adjacent to an activating group) is 1. The summed E-state index contributed by atoms with van der Waals surface area (Å²) in [5, 5.41) is 0.288. The maximum absolute atomic E-state index is 11.7. The lowest BCUT2D eigenvalue weighted by atomic mass is 9.83. The number of hydrogen-bond donors (Lipinski definition) is 1. The lowest BCUT2D eigenvalue weighted by Gasteiger charge is -2.39. The van der Waals surface area contributed by atoms with E-state index in [2.05, 4.69) is 19.2 Å². The van der Waals surface area contributed by atoms with Crippen LogP contribution in [0, 0.1) is 0 Å². The number of likely N-dealkylation sites (tertiary alicyclic amines) is 1. The fourth-order valence-corrected chi connectivity index (χ4v) is 3.55. The summed E-state index contributed by atoms with van der Waals surface area (Å²) >= 11 is 6.12. The number of quaternary nitrogens is 1. The van der Waals surface area contributed by atoms with Gasteiger partial charge in [-0.25, -0.2) is 4.79 Å². The number of esters is 1. The fraction of sp³-hybridized carbons (Fsp3) is 0.400. The van der Waals surface area contributed by atoms with Crippen LogP contribution >= 0.6 is 11.6 Å². The number of ether oxygens (including phenoxy) is 1. The highest BCUT2D eigenvalue weighted by atomic mass is 35.5. The quantitative estimate of drug-likeness (QED) is 0.789. The molecular weight excluding hydrogens is 262 g/mol. The summed E-state index contributed by atoms with van der Waals surface area (Å²) in [7, 11) is 2.14. The average Bonchev–Trinajstić information content (AvgIpc) is 2.59. The minimum Gasteiger partial charge on any atom is -0.444 e. The van der Waals surface area contributed by atoms with Crippen LogP contribution in [0.2, 0.25) is 0 Å². The molecule has 1 aromatic carbocycles. The molecule has 19 heavy (non-hydrogen) atoms. The first kappa shape index (κ1) is 12.7. The molecule has 1 fully saturated rings. The van der Waals surface area contributed by atoms with Crippen molar-refractivity contribution < 1.29 is 14.4 Å². The van der Waals surface area contributed by atoms with Crippen LogP contribution in [0.15, 0.2) is 40.9 Å². The SMILES string of the molecule is C[NH+]1C[C@@]2(C)OC(=O)C(Cl)=C2C[C@H]1c1ccccc1. The second kappa shape index (κ2) is 4.36. The summed E-state index contributed by atoms with van der Waals surface area (Å²) < 4.78 is 5.45. The summed E-state index contributed by atoms with van der Waals surface area (Å²) in [4.78, 5) is 13.0. The third-order valence-electron chi connectivity index (χ3n) is 4.22. The Morgan fingerprint density at radius 1 is 1.37 bits per heavy atom. The van der Waals surface area contributed by atoms with Crippen LogP contribution < -0.4 is 4.90 Å². The Bertz CT molecular complexity index is 555. The van der Waals surface area contributed by atoms with Gasteiger partial charge in [-0.3, -0.25) is 0 Å². The second-order valence-electron chi connectivity index (χ2n) is 5.60. The molecule has 3 atom stereocenters. The molecule has 4 heteroatoms. The standard InChI is InChI=1S/C15H16ClNO2/c1-15-9-17(2)12(10-6-4-3-5-7-10)8-11(15)13(16)14(18)19-15/h3-7,12H,8-9H2,1-2H3/p+1/t12-,15+/m0/s1. The molecule has 0 spiro atoms. The van der Waals surface area contributed by atoms with Crippen molar-refractivity contribution >= 4 is 17.6 Å². The molecule has 0 amide bonds. The Hall–Kier alpha value is -1.32. The maximum Gasteiger partial charge on any atom is 0.350 e. The van der Waals surface area contributed by atoms with Crippen LogP contribution in [0.5, 0.6) is 0 Å². The van der Waals surface area contributed by atoms with E-state index in [9.17, 15) is 4.79 Å². The third kappa shape index (κ3) is 1.97. The molecule has 0 bridgehead atoms. The van der Waals surface area contributed by atoms with Gasteiger partial charge in [-0.1, -0.05) is 41.9 Å². The normalized spacial score (nSPS) is 34.2. The van der Waals surface area contributed by atoms with Crippen LogP contribution in [0.4, 0.5) is 0 Å². The molecule has 0 saturated carbocycles. The summed E-state index contributed by atoms with van der Waals surface area (Å²) in [5.74, 6) is -0.374. The van der Waals surface area contributed by atoms with E-state index in [1.165, 1.54) is 10.5 Å². The maximum atomic E-state index is 11.7. The van der Waals surface area contributed by atoms with Crippen LogP contribution in [0.3, 0.4) is 0 Å². The zero-order chi connectivity index (χ0) is 13.6. The van der Waals surface area contributed by atoms with Gasteiger partial charge in [0.15, 0.2) is 5.60 Å². The van der Waals surface area contributed by atoms with Crippen molar-refractivity contribution in [3.8, 4) is 0 Å². The molecule has 0 radical (unpaired) electrons. The fourth-order valence-electron chi connectivity index (χ4n) is 3.24. The first-order valence-electron chi connectivity index (χ1n) is 6.51. The van der Waals surface area contributed by atoms with Crippen molar-refractivity contribution in [3.63, 3.8) is 0 Å². The molecule has 0 aromatic heterocycles. The highest BCUT2D eigenvalue weighted by molar-refractivity contribution is 6.42. The van der Waals surface area contributed by atoms with Gasteiger partial charge >= 0.3 is 5.97 Å². The van der Waals surface area contributed by atoms with E-state index in [1.807, 2.05) is 25.1 Å². The molecule has 100 valence electrons. The summed E-state index contributed by atoms with van der Waals surface area (Å²) in [6, 6.07) is 10.7. The number of piperidine rings is 1. The number of fused-ring (bicyclic) bond motifs is 1. The first-order chi connectivity index (χ1) is 9.01. The van der Waals surface area contributed by atoms with Crippen molar-refractivity contribution in [2.24, 2.45) is 0 Å². The lowest BCUT2D eigenvalue weighted by molar-refractivity contribution is -0.921. The average molecular weight is 279 g/mol. The Morgan fingerprint density at radius 2 is 2.05 bits per heavy atom. The number of hydrogen-bond acceptors (Lipinski definition) is 2. The zero-order valence-electron chi connectivity index (χ0n) is 11.1. The predicted octanol–water partition coefficient (Wildman–Crippen LogP) is 1.45. The number of carbonyl (C=O) groups is 1. The lowest BCUT2D eigenvalue weighted by Crippen LogP contribution is -3.12. The Morgan fingerprint density at radius 3 is 2.74 bits per heavy atom. The van der Waals surface area contributed by atoms with E-state index in [1.54, 1.807) is 0 Å². The largest absolute Gasteiger partial charge is 0.444 e. The molecule has 1 N–H and O–H groups in total. The van der Waals surface area contributed by atoms with Crippen molar-refractivity contribution in [2.45, 2.75) is 25.0 Å². The Labute approximate surface area is 117 Å². The van der Waals surface area contributed by atoms with Gasteiger partial charge < -0.3 is 9.64 Å². The number of benzene rings is 1. The second-order valence-corrected chi connectivity index (χ2v) is 5.98. The van der Waals surface area contributed by atoms with Crippen LogP contribution in [0.1, 0.15) is 24.9 Å². The van der Waals surface area contributed by atoms with Crippen molar-refractivity contribution in [2.75, 3.05) is 13.6 Å². The van der Waals surface area contributed by atoms with E-state index < -0.39 is 5.60 Å².